The summed E-state index contributed by atoms with van der Waals surface area (Å²) in [6.45, 7) is 1.87. The average molecular weight is 215 g/mol. The van der Waals surface area contributed by atoms with Crippen LogP contribution in [-0.4, -0.2) is 20.5 Å². The smallest absolute Gasteiger partial charge is 0.203 e. The van der Waals surface area contributed by atoms with Gasteiger partial charge in [0.1, 0.15) is 5.69 Å². The van der Waals surface area contributed by atoms with Crippen molar-refractivity contribution in [2.45, 2.75) is 6.92 Å². The third-order valence-corrected chi connectivity index (χ3v) is 2.29. The fourth-order valence-electron chi connectivity index (χ4n) is 1.54. The zero-order valence-corrected chi connectivity index (χ0v) is 9.27. The first-order valence-electron chi connectivity index (χ1n) is 5.03. The molecule has 0 aliphatic heterocycles. The number of aromatic nitrogens is 3. The van der Waals surface area contributed by atoms with Gasteiger partial charge in [-0.25, -0.2) is 0 Å². The quantitative estimate of drug-likeness (QED) is 0.628. The first kappa shape index (κ1) is 10.4. The SMILES string of the molecule is Cc1cc(C(=O)/C=C/c2ccc[nH]2)n(C)n1. The number of aromatic amines is 1. The summed E-state index contributed by atoms with van der Waals surface area (Å²) in [6, 6.07) is 5.57. The normalized spacial score (nSPS) is 11.1. The van der Waals surface area contributed by atoms with Crippen LogP contribution < -0.4 is 0 Å². The highest BCUT2D eigenvalue weighted by Gasteiger charge is 2.08. The van der Waals surface area contributed by atoms with Gasteiger partial charge in [0.05, 0.1) is 5.69 Å². The molecule has 0 atom stereocenters. The molecule has 0 radical (unpaired) electrons. The van der Waals surface area contributed by atoms with Gasteiger partial charge in [-0.15, -0.1) is 0 Å². The average Bonchev–Trinajstić information content (AvgIpc) is 2.84. The predicted molar refractivity (Wildman–Crippen MR) is 62.1 cm³/mol. The number of nitrogens with zero attached hydrogens (tertiary/aromatic N) is 2. The molecule has 0 aliphatic rings. The molecule has 2 aromatic heterocycles. The van der Waals surface area contributed by atoms with Crippen LogP contribution in [0.2, 0.25) is 0 Å². The Balaban J connectivity index is 2.17. The number of allylic oxidation sites excluding steroid dienone is 1. The molecule has 0 bridgehead atoms. The number of hydrogen-bond donors (Lipinski definition) is 1. The molecule has 0 saturated carbocycles. The van der Waals surface area contributed by atoms with Gasteiger partial charge in [0.25, 0.3) is 0 Å². The lowest BCUT2D eigenvalue weighted by Gasteiger charge is -1.94. The maximum Gasteiger partial charge on any atom is 0.203 e. The van der Waals surface area contributed by atoms with Crippen molar-refractivity contribution in [1.82, 2.24) is 14.8 Å². The highest BCUT2D eigenvalue weighted by atomic mass is 16.1. The van der Waals surface area contributed by atoms with Crippen molar-refractivity contribution in [2.75, 3.05) is 0 Å². The van der Waals surface area contributed by atoms with Gasteiger partial charge in [0, 0.05) is 18.9 Å². The van der Waals surface area contributed by atoms with E-state index in [1.54, 1.807) is 29.9 Å². The van der Waals surface area contributed by atoms with Crippen molar-refractivity contribution in [2.24, 2.45) is 7.05 Å². The van der Waals surface area contributed by atoms with Crippen LogP contribution in [0.1, 0.15) is 21.9 Å². The van der Waals surface area contributed by atoms with E-state index in [1.165, 1.54) is 0 Å². The van der Waals surface area contributed by atoms with Crippen LogP contribution in [0, 0.1) is 6.92 Å². The Bertz CT molecular complexity index is 520. The van der Waals surface area contributed by atoms with Gasteiger partial charge in [-0.1, -0.05) is 0 Å². The van der Waals surface area contributed by atoms with Crippen LogP contribution >= 0.6 is 0 Å². The maximum atomic E-state index is 11.8. The minimum absolute atomic E-state index is 0.0438. The molecule has 0 aliphatic carbocycles. The number of aryl methyl sites for hydroxylation is 2. The molecule has 0 fully saturated rings. The molecular formula is C12H13N3O. The molecule has 2 aromatic rings. The summed E-state index contributed by atoms with van der Waals surface area (Å²) in [6.07, 6.45) is 5.12. The third-order valence-electron chi connectivity index (χ3n) is 2.29. The van der Waals surface area contributed by atoms with E-state index in [0.717, 1.165) is 11.4 Å². The Labute approximate surface area is 93.6 Å². The van der Waals surface area contributed by atoms with Gasteiger partial charge in [-0.05, 0) is 37.3 Å². The summed E-state index contributed by atoms with van der Waals surface area (Å²) in [4.78, 5) is 14.8. The summed E-state index contributed by atoms with van der Waals surface area (Å²) in [5.74, 6) is -0.0438. The Morgan fingerprint density at radius 1 is 1.56 bits per heavy atom. The molecule has 2 rings (SSSR count). The van der Waals surface area contributed by atoms with Crippen molar-refractivity contribution < 1.29 is 4.79 Å². The fourth-order valence-corrected chi connectivity index (χ4v) is 1.54. The minimum Gasteiger partial charge on any atom is -0.362 e. The minimum atomic E-state index is -0.0438. The van der Waals surface area contributed by atoms with Crippen molar-refractivity contribution in [1.29, 1.82) is 0 Å². The van der Waals surface area contributed by atoms with Gasteiger partial charge in [0.15, 0.2) is 0 Å². The van der Waals surface area contributed by atoms with Gasteiger partial charge in [-0.2, -0.15) is 5.10 Å². The van der Waals surface area contributed by atoms with E-state index in [-0.39, 0.29) is 5.78 Å². The second-order valence-corrected chi connectivity index (χ2v) is 3.62. The highest BCUT2D eigenvalue weighted by Crippen LogP contribution is 2.05. The summed E-state index contributed by atoms with van der Waals surface area (Å²) in [5.41, 5.74) is 2.35. The molecule has 4 heteroatoms. The van der Waals surface area contributed by atoms with Crippen LogP contribution in [0.25, 0.3) is 6.08 Å². The van der Waals surface area contributed by atoms with E-state index in [9.17, 15) is 4.79 Å². The number of H-pyrrole nitrogens is 1. The standard InChI is InChI=1S/C12H13N3O/c1-9-8-11(15(2)14-9)12(16)6-5-10-4-3-7-13-10/h3-8,13H,1-2H3/b6-5+. The Morgan fingerprint density at radius 3 is 2.94 bits per heavy atom. The topological polar surface area (TPSA) is 50.7 Å². The molecule has 0 spiro atoms. The predicted octanol–water partition coefficient (Wildman–Crippen LogP) is 1.95. The third kappa shape index (κ3) is 2.11. The highest BCUT2D eigenvalue weighted by molar-refractivity contribution is 6.05. The summed E-state index contributed by atoms with van der Waals surface area (Å²) in [5, 5.41) is 4.13. The van der Waals surface area contributed by atoms with Crippen LogP contribution in [-0.2, 0) is 7.05 Å². The van der Waals surface area contributed by atoms with E-state index >= 15 is 0 Å². The fraction of sp³-hybridized carbons (Fsp3) is 0.167. The second kappa shape index (κ2) is 4.18. The molecule has 1 N–H and O–H groups in total. The number of nitrogens with one attached hydrogen (secondary N) is 1. The molecular weight excluding hydrogens is 202 g/mol. The molecule has 4 nitrogen and oxygen atoms in total. The van der Waals surface area contributed by atoms with Crippen molar-refractivity contribution in [3.63, 3.8) is 0 Å². The Kier molecular flexibility index (Phi) is 2.72. The zero-order valence-electron chi connectivity index (χ0n) is 9.27. The summed E-state index contributed by atoms with van der Waals surface area (Å²) >= 11 is 0. The van der Waals surface area contributed by atoms with Crippen LogP contribution in [0.5, 0.6) is 0 Å². The molecule has 82 valence electrons. The Morgan fingerprint density at radius 2 is 2.38 bits per heavy atom. The van der Waals surface area contributed by atoms with E-state index in [2.05, 4.69) is 10.1 Å². The molecule has 0 amide bonds. The molecule has 16 heavy (non-hydrogen) atoms. The van der Waals surface area contributed by atoms with Gasteiger partial charge in [0.2, 0.25) is 5.78 Å². The van der Waals surface area contributed by atoms with Gasteiger partial charge in [-0.3, -0.25) is 9.48 Å². The lowest BCUT2D eigenvalue weighted by Crippen LogP contribution is -2.03. The van der Waals surface area contributed by atoms with E-state index in [0.29, 0.717) is 5.69 Å². The number of carbonyl (C=O) groups excluding carboxylic acids is 1. The van der Waals surface area contributed by atoms with Crippen molar-refractivity contribution in [3.8, 4) is 0 Å². The van der Waals surface area contributed by atoms with E-state index in [1.807, 2.05) is 25.3 Å². The summed E-state index contributed by atoms with van der Waals surface area (Å²) < 4.78 is 1.59. The number of rotatable bonds is 3. The maximum absolute atomic E-state index is 11.8. The Hall–Kier alpha value is -2.10. The number of carbonyl (C=O) groups is 1. The van der Waals surface area contributed by atoms with Gasteiger partial charge < -0.3 is 4.98 Å². The lowest BCUT2D eigenvalue weighted by molar-refractivity contribution is 0.103. The van der Waals surface area contributed by atoms with Crippen LogP contribution in [0.15, 0.2) is 30.5 Å². The zero-order chi connectivity index (χ0) is 11.5. The largest absolute Gasteiger partial charge is 0.362 e. The molecule has 0 unspecified atom stereocenters. The van der Waals surface area contributed by atoms with Gasteiger partial charge >= 0.3 is 0 Å². The van der Waals surface area contributed by atoms with Crippen molar-refractivity contribution >= 4 is 11.9 Å². The first-order valence-corrected chi connectivity index (χ1v) is 5.03. The monoisotopic (exact) mass is 215 g/mol. The molecule has 0 aromatic carbocycles. The molecule has 0 saturated heterocycles. The number of ketones is 1. The van der Waals surface area contributed by atoms with E-state index < -0.39 is 0 Å². The van der Waals surface area contributed by atoms with Crippen LogP contribution in [0.4, 0.5) is 0 Å². The number of hydrogen-bond acceptors (Lipinski definition) is 2. The lowest BCUT2D eigenvalue weighted by atomic mass is 10.2. The molecule has 2 heterocycles. The second-order valence-electron chi connectivity index (χ2n) is 3.62. The summed E-state index contributed by atoms with van der Waals surface area (Å²) in [7, 11) is 1.77. The first-order chi connectivity index (χ1) is 7.66. The van der Waals surface area contributed by atoms with Crippen LogP contribution in [0.3, 0.4) is 0 Å². The van der Waals surface area contributed by atoms with E-state index in [4.69, 9.17) is 0 Å². The van der Waals surface area contributed by atoms with Crippen molar-refractivity contribution in [3.05, 3.63) is 47.6 Å².